The largest absolute Gasteiger partial charge is 0.452 e. The molecule has 1 aromatic carbocycles. The van der Waals surface area contributed by atoms with Gasteiger partial charge in [0.05, 0.1) is 50.2 Å². The van der Waals surface area contributed by atoms with Crippen LogP contribution in [0.2, 0.25) is 0 Å². The van der Waals surface area contributed by atoms with Crippen LogP contribution >= 0.6 is 11.6 Å². The number of hydrogen-bond donors (Lipinski definition) is 1. The van der Waals surface area contributed by atoms with Crippen molar-refractivity contribution in [2.24, 2.45) is 0 Å². The molecule has 1 N–H and O–H groups in total. The third-order valence-corrected chi connectivity index (χ3v) is 3.92. The van der Waals surface area contributed by atoms with E-state index in [1.807, 2.05) is 4.90 Å². The van der Waals surface area contributed by atoms with Gasteiger partial charge in [-0.2, -0.15) is 0 Å². The number of hydrogen-bond acceptors (Lipinski definition) is 5. The molecule has 2 rings (SSSR count). The average Bonchev–Trinajstić information content (AvgIpc) is 2.59. The van der Waals surface area contributed by atoms with Crippen molar-refractivity contribution in [2.75, 3.05) is 55.6 Å². The van der Waals surface area contributed by atoms with E-state index in [9.17, 15) is 14.3 Å². The Labute approximate surface area is 139 Å². The van der Waals surface area contributed by atoms with Crippen LogP contribution in [-0.4, -0.2) is 63.1 Å². The van der Waals surface area contributed by atoms with E-state index in [2.05, 4.69) is 4.74 Å². The van der Waals surface area contributed by atoms with E-state index in [0.29, 0.717) is 37.7 Å². The lowest BCUT2D eigenvalue weighted by molar-refractivity contribution is 0.122. The minimum Gasteiger partial charge on any atom is -0.452 e. The number of nitrogens with zero attached hydrogens (tertiary/aromatic N) is 2. The zero-order chi connectivity index (χ0) is 16.8. The molecular weight excluding hydrogens is 327 g/mol. The first-order valence-electron chi connectivity index (χ1n) is 7.28. The number of ether oxygens (including phenoxy) is 2. The van der Waals surface area contributed by atoms with E-state index in [1.165, 1.54) is 13.2 Å². The minimum absolute atomic E-state index is 0.0398. The molecule has 0 aliphatic carbocycles. The lowest BCUT2D eigenvalue weighted by Crippen LogP contribution is -2.39. The van der Waals surface area contributed by atoms with Gasteiger partial charge in [0.25, 0.3) is 0 Å². The second-order valence-electron chi connectivity index (χ2n) is 5.12. The highest BCUT2D eigenvalue weighted by Gasteiger charge is 2.22. The second kappa shape index (κ2) is 8.33. The zero-order valence-electron chi connectivity index (χ0n) is 12.9. The monoisotopic (exact) mass is 346 g/mol. The summed E-state index contributed by atoms with van der Waals surface area (Å²) in [7, 11) is 1.22. The predicted octanol–water partition coefficient (Wildman–Crippen LogP) is 1.83. The number of carbonyl (C=O) groups is 1. The number of rotatable bonds is 5. The van der Waals surface area contributed by atoms with Crippen molar-refractivity contribution in [1.29, 1.82) is 0 Å². The third-order valence-electron chi connectivity index (χ3n) is 3.56. The number of alkyl halides is 1. The SMILES string of the molecule is COC(=O)N(CC(O)CCl)c1ccc(N2CCOCC2)c(F)c1. The van der Waals surface area contributed by atoms with E-state index < -0.39 is 18.0 Å². The summed E-state index contributed by atoms with van der Waals surface area (Å²) in [5.74, 6) is -0.486. The van der Waals surface area contributed by atoms with E-state index in [1.54, 1.807) is 12.1 Å². The number of methoxy groups -OCH3 is 1. The van der Waals surface area contributed by atoms with Crippen LogP contribution < -0.4 is 9.80 Å². The van der Waals surface area contributed by atoms with Crippen LogP contribution in [0.15, 0.2) is 18.2 Å². The molecule has 0 saturated carbocycles. The number of benzene rings is 1. The summed E-state index contributed by atoms with van der Waals surface area (Å²) in [6.45, 7) is 2.26. The molecule has 1 aliphatic rings. The maximum Gasteiger partial charge on any atom is 0.414 e. The number of anilines is 2. The highest BCUT2D eigenvalue weighted by molar-refractivity contribution is 6.18. The maximum absolute atomic E-state index is 14.4. The summed E-state index contributed by atoms with van der Waals surface area (Å²) in [6, 6.07) is 4.48. The Kier molecular flexibility index (Phi) is 6.44. The van der Waals surface area contributed by atoms with Crippen LogP contribution in [0.4, 0.5) is 20.6 Å². The third kappa shape index (κ3) is 4.46. The Morgan fingerprint density at radius 1 is 1.52 bits per heavy atom. The van der Waals surface area contributed by atoms with Gasteiger partial charge in [0.1, 0.15) is 5.82 Å². The standard InChI is InChI=1S/C15H20ClFN2O4/c1-22-15(21)19(10-12(20)9-16)11-2-3-14(13(17)8-11)18-4-6-23-7-5-18/h2-3,8,12,20H,4-7,9-10H2,1H3. The molecule has 1 aliphatic heterocycles. The van der Waals surface area contributed by atoms with Gasteiger partial charge >= 0.3 is 6.09 Å². The van der Waals surface area contributed by atoms with Crippen LogP contribution in [-0.2, 0) is 9.47 Å². The number of amides is 1. The summed E-state index contributed by atoms with van der Waals surface area (Å²) in [6.07, 6.45) is -1.62. The van der Waals surface area contributed by atoms with Gasteiger partial charge in [-0.25, -0.2) is 9.18 Å². The van der Waals surface area contributed by atoms with Gasteiger partial charge in [0.15, 0.2) is 0 Å². The summed E-state index contributed by atoms with van der Waals surface area (Å²) in [5, 5.41) is 9.66. The van der Waals surface area contributed by atoms with Gasteiger partial charge in [-0.15, -0.1) is 11.6 Å². The fourth-order valence-electron chi connectivity index (χ4n) is 2.38. The molecule has 0 spiro atoms. The molecule has 0 radical (unpaired) electrons. The number of aliphatic hydroxyl groups is 1. The molecule has 1 aromatic rings. The number of morpholine rings is 1. The normalized spacial score (nSPS) is 16.1. The smallest absolute Gasteiger partial charge is 0.414 e. The highest BCUT2D eigenvalue weighted by atomic mass is 35.5. The van der Waals surface area contributed by atoms with Crippen LogP contribution in [0.25, 0.3) is 0 Å². The molecule has 8 heteroatoms. The first-order valence-corrected chi connectivity index (χ1v) is 7.82. The van der Waals surface area contributed by atoms with Crippen molar-refractivity contribution in [3.05, 3.63) is 24.0 Å². The summed E-state index contributed by atoms with van der Waals surface area (Å²) < 4.78 is 24.4. The lowest BCUT2D eigenvalue weighted by Gasteiger charge is -2.30. The highest BCUT2D eigenvalue weighted by Crippen LogP contribution is 2.26. The number of aliphatic hydroxyl groups excluding tert-OH is 1. The first kappa shape index (κ1) is 17.8. The zero-order valence-corrected chi connectivity index (χ0v) is 13.6. The van der Waals surface area contributed by atoms with E-state index >= 15 is 0 Å². The molecule has 6 nitrogen and oxygen atoms in total. The fraction of sp³-hybridized carbons (Fsp3) is 0.533. The molecule has 23 heavy (non-hydrogen) atoms. The van der Waals surface area contributed by atoms with Crippen molar-refractivity contribution < 1.29 is 23.8 Å². The molecule has 0 bridgehead atoms. The van der Waals surface area contributed by atoms with Gasteiger partial charge in [0.2, 0.25) is 0 Å². The lowest BCUT2D eigenvalue weighted by atomic mass is 10.2. The first-order chi connectivity index (χ1) is 11.1. The number of carbonyl (C=O) groups excluding carboxylic acids is 1. The summed E-state index contributed by atoms with van der Waals surface area (Å²) in [5.41, 5.74) is 0.760. The number of halogens is 2. The Bertz CT molecular complexity index is 540. The molecule has 1 saturated heterocycles. The molecule has 1 amide bonds. The molecule has 128 valence electrons. The van der Waals surface area contributed by atoms with Crippen LogP contribution in [0, 0.1) is 5.82 Å². The van der Waals surface area contributed by atoms with Gasteiger partial charge in [-0.05, 0) is 18.2 Å². The van der Waals surface area contributed by atoms with Gasteiger partial charge in [0, 0.05) is 13.1 Å². The van der Waals surface area contributed by atoms with E-state index in [0.717, 1.165) is 4.90 Å². The van der Waals surface area contributed by atoms with Crippen molar-refractivity contribution in [2.45, 2.75) is 6.10 Å². The second-order valence-corrected chi connectivity index (χ2v) is 5.43. The summed E-state index contributed by atoms with van der Waals surface area (Å²) >= 11 is 5.57. The molecule has 1 atom stereocenters. The molecule has 1 unspecified atom stereocenters. The van der Waals surface area contributed by atoms with Crippen LogP contribution in [0.3, 0.4) is 0 Å². The molecule has 1 heterocycles. The van der Waals surface area contributed by atoms with Crippen molar-refractivity contribution in [3.63, 3.8) is 0 Å². The Balaban J connectivity index is 2.22. The van der Waals surface area contributed by atoms with Gasteiger partial charge in [-0.1, -0.05) is 0 Å². The van der Waals surface area contributed by atoms with Crippen molar-refractivity contribution in [3.8, 4) is 0 Å². The quantitative estimate of drug-likeness (QED) is 0.824. The fourth-order valence-corrected chi connectivity index (χ4v) is 2.48. The van der Waals surface area contributed by atoms with Crippen molar-refractivity contribution >= 4 is 29.1 Å². The molecular formula is C15H20ClFN2O4. The van der Waals surface area contributed by atoms with Crippen molar-refractivity contribution in [1.82, 2.24) is 0 Å². The maximum atomic E-state index is 14.4. The summed E-state index contributed by atoms with van der Waals surface area (Å²) in [4.78, 5) is 14.9. The minimum atomic E-state index is -0.933. The van der Waals surface area contributed by atoms with E-state index in [4.69, 9.17) is 16.3 Å². The average molecular weight is 347 g/mol. The Hall–Kier alpha value is -1.57. The van der Waals surface area contributed by atoms with Gasteiger partial charge < -0.3 is 19.5 Å². The van der Waals surface area contributed by atoms with E-state index in [-0.39, 0.29) is 12.4 Å². The predicted molar refractivity (Wildman–Crippen MR) is 85.9 cm³/mol. The topological polar surface area (TPSA) is 62.2 Å². The molecule has 1 fully saturated rings. The Morgan fingerprint density at radius 3 is 2.78 bits per heavy atom. The van der Waals surface area contributed by atoms with Crippen LogP contribution in [0.1, 0.15) is 0 Å². The van der Waals surface area contributed by atoms with Crippen LogP contribution in [0.5, 0.6) is 0 Å². The Morgan fingerprint density at radius 2 is 2.22 bits per heavy atom. The molecule has 0 aromatic heterocycles. The van der Waals surface area contributed by atoms with Gasteiger partial charge in [-0.3, -0.25) is 4.90 Å².